The largest absolute Gasteiger partial charge is 0.488 e. The Morgan fingerprint density at radius 1 is 1.07 bits per heavy atom. The van der Waals surface area contributed by atoms with Crippen LogP contribution in [0.4, 0.5) is 0 Å². The number of carbonyl (C=O) groups excluding carboxylic acids is 1. The number of hydrogen-bond donors (Lipinski definition) is 0. The molecule has 3 nitrogen and oxygen atoms in total. The zero-order valence-electron chi connectivity index (χ0n) is 15.3. The summed E-state index contributed by atoms with van der Waals surface area (Å²) >= 11 is 2.24. The average Bonchev–Trinajstić information content (AvgIpc) is 2.67. The SMILES string of the molecule is CC1(C)CC(c2ccccn2)c2cc(C(=O)c3ccc(I)cc3)ccc2O1. The van der Waals surface area contributed by atoms with Gasteiger partial charge >= 0.3 is 0 Å². The maximum Gasteiger partial charge on any atom is 0.193 e. The van der Waals surface area contributed by atoms with Crippen LogP contribution in [-0.2, 0) is 0 Å². The molecule has 0 bridgehead atoms. The fourth-order valence-corrected chi connectivity index (χ4v) is 3.97. The second-order valence-electron chi connectivity index (χ2n) is 7.46. The van der Waals surface area contributed by atoms with Crippen LogP contribution in [0.15, 0.2) is 66.9 Å². The van der Waals surface area contributed by atoms with E-state index in [4.69, 9.17) is 4.74 Å². The molecule has 1 atom stereocenters. The van der Waals surface area contributed by atoms with Crippen molar-refractivity contribution in [3.8, 4) is 5.75 Å². The number of carbonyl (C=O) groups is 1. The molecule has 1 unspecified atom stereocenters. The van der Waals surface area contributed by atoms with Gasteiger partial charge in [0.25, 0.3) is 0 Å². The second-order valence-corrected chi connectivity index (χ2v) is 8.71. The summed E-state index contributed by atoms with van der Waals surface area (Å²) in [5, 5.41) is 0. The summed E-state index contributed by atoms with van der Waals surface area (Å²) in [5.41, 5.74) is 3.14. The standard InChI is InChI=1S/C23H20INO2/c1-23(2)14-19(20-5-3-4-12-25-20)18-13-16(8-11-21(18)27-23)22(26)15-6-9-17(24)10-7-15/h3-13,19H,14H2,1-2H3. The van der Waals surface area contributed by atoms with E-state index in [1.54, 1.807) is 0 Å². The fraction of sp³-hybridized carbons (Fsp3) is 0.217. The molecular formula is C23H20INO2. The Balaban J connectivity index is 1.77. The van der Waals surface area contributed by atoms with Gasteiger partial charge in [-0.2, -0.15) is 0 Å². The number of pyridine rings is 1. The van der Waals surface area contributed by atoms with E-state index >= 15 is 0 Å². The van der Waals surface area contributed by atoms with Crippen molar-refractivity contribution in [1.82, 2.24) is 4.98 Å². The lowest BCUT2D eigenvalue weighted by atomic mass is 9.81. The van der Waals surface area contributed by atoms with Crippen LogP contribution in [-0.4, -0.2) is 16.4 Å². The molecule has 3 aromatic rings. The van der Waals surface area contributed by atoms with Crippen LogP contribution in [0.25, 0.3) is 0 Å². The highest BCUT2D eigenvalue weighted by Gasteiger charge is 2.35. The Hall–Kier alpha value is -2.21. The predicted octanol–water partition coefficient (Wildman–Crippen LogP) is 5.61. The van der Waals surface area contributed by atoms with Crippen LogP contribution >= 0.6 is 22.6 Å². The van der Waals surface area contributed by atoms with E-state index in [0.29, 0.717) is 11.1 Å². The lowest BCUT2D eigenvalue weighted by molar-refractivity contribution is 0.0768. The lowest BCUT2D eigenvalue weighted by Gasteiger charge is -2.37. The van der Waals surface area contributed by atoms with E-state index in [2.05, 4.69) is 41.4 Å². The molecule has 1 aliphatic heterocycles. The monoisotopic (exact) mass is 469 g/mol. The van der Waals surface area contributed by atoms with E-state index in [0.717, 1.165) is 27.0 Å². The summed E-state index contributed by atoms with van der Waals surface area (Å²) in [6.07, 6.45) is 2.64. The number of halogens is 1. The Morgan fingerprint density at radius 2 is 1.81 bits per heavy atom. The predicted molar refractivity (Wildman–Crippen MR) is 114 cm³/mol. The summed E-state index contributed by atoms with van der Waals surface area (Å²) in [5.74, 6) is 0.967. The fourth-order valence-electron chi connectivity index (χ4n) is 3.61. The van der Waals surface area contributed by atoms with Crippen LogP contribution in [0.1, 0.15) is 53.4 Å². The summed E-state index contributed by atoms with van der Waals surface area (Å²) in [6.45, 7) is 4.19. The van der Waals surface area contributed by atoms with Crippen LogP contribution in [0.5, 0.6) is 5.75 Å². The van der Waals surface area contributed by atoms with Gasteiger partial charge in [0.2, 0.25) is 0 Å². The summed E-state index contributed by atoms with van der Waals surface area (Å²) in [7, 11) is 0. The molecule has 1 aliphatic rings. The van der Waals surface area contributed by atoms with Gasteiger partial charge in [-0.1, -0.05) is 6.07 Å². The van der Waals surface area contributed by atoms with Crippen molar-refractivity contribution in [2.45, 2.75) is 31.8 Å². The minimum absolute atomic E-state index is 0.0267. The number of aromatic nitrogens is 1. The van der Waals surface area contributed by atoms with Gasteiger partial charge in [-0.15, -0.1) is 0 Å². The molecule has 27 heavy (non-hydrogen) atoms. The van der Waals surface area contributed by atoms with Gasteiger partial charge < -0.3 is 4.74 Å². The molecule has 0 amide bonds. The average molecular weight is 469 g/mol. The van der Waals surface area contributed by atoms with E-state index in [1.807, 2.05) is 66.9 Å². The van der Waals surface area contributed by atoms with E-state index in [-0.39, 0.29) is 17.3 Å². The molecular weight excluding hydrogens is 449 g/mol. The van der Waals surface area contributed by atoms with Gasteiger partial charge in [-0.25, -0.2) is 0 Å². The molecule has 0 radical (unpaired) electrons. The summed E-state index contributed by atoms with van der Waals surface area (Å²) < 4.78 is 7.30. The highest BCUT2D eigenvalue weighted by Crippen LogP contribution is 2.44. The van der Waals surface area contributed by atoms with Crippen molar-refractivity contribution in [3.05, 3.63) is 92.8 Å². The normalized spacial score (nSPS) is 17.7. The zero-order chi connectivity index (χ0) is 19.0. The topological polar surface area (TPSA) is 39.2 Å². The summed E-state index contributed by atoms with van der Waals surface area (Å²) in [4.78, 5) is 17.5. The van der Waals surface area contributed by atoms with Gasteiger partial charge in [0, 0.05) is 38.1 Å². The maximum atomic E-state index is 13.0. The number of nitrogens with zero attached hydrogens (tertiary/aromatic N) is 1. The molecule has 0 spiro atoms. The Morgan fingerprint density at radius 3 is 2.52 bits per heavy atom. The number of rotatable bonds is 3. The van der Waals surface area contributed by atoms with Gasteiger partial charge in [0.1, 0.15) is 11.4 Å². The number of ketones is 1. The first-order valence-electron chi connectivity index (χ1n) is 8.97. The number of hydrogen-bond acceptors (Lipinski definition) is 3. The van der Waals surface area contributed by atoms with E-state index in [9.17, 15) is 4.79 Å². The molecule has 1 aromatic heterocycles. The quantitative estimate of drug-likeness (QED) is 0.370. The van der Waals surface area contributed by atoms with Crippen LogP contribution in [0.3, 0.4) is 0 Å². The van der Waals surface area contributed by atoms with Crippen LogP contribution < -0.4 is 4.74 Å². The molecule has 0 aliphatic carbocycles. The van der Waals surface area contributed by atoms with Gasteiger partial charge in [-0.3, -0.25) is 9.78 Å². The first-order chi connectivity index (χ1) is 12.9. The van der Waals surface area contributed by atoms with Crippen LogP contribution in [0, 0.1) is 3.57 Å². The molecule has 0 saturated carbocycles. The molecule has 4 rings (SSSR count). The Labute approximate surface area is 172 Å². The van der Waals surface area contributed by atoms with Crippen molar-refractivity contribution in [2.75, 3.05) is 0 Å². The van der Waals surface area contributed by atoms with Crippen molar-refractivity contribution >= 4 is 28.4 Å². The van der Waals surface area contributed by atoms with Crippen molar-refractivity contribution in [2.24, 2.45) is 0 Å². The van der Waals surface area contributed by atoms with Crippen molar-refractivity contribution in [1.29, 1.82) is 0 Å². The van der Waals surface area contributed by atoms with Gasteiger partial charge in [0.05, 0.1) is 0 Å². The molecule has 0 fully saturated rings. The molecule has 2 aromatic carbocycles. The van der Waals surface area contributed by atoms with Crippen molar-refractivity contribution in [3.63, 3.8) is 0 Å². The third kappa shape index (κ3) is 3.76. The maximum absolute atomic E-state index is 13.0. The van der Waals surface area contributed by atoms with Crippen molar-refractivity contribution < 1.29 is 9.53 Å². The Kier molecular flexibility index (Phi) is 4.76. The lowest BCUT2D eigenvalue weighted by Crippen LogP contribution is -2.35. The zero-order valence-corrected chi connectivity index (χ0v) is 17.4. The third-order valence-corrected chi connectivity index (χ3v) is 5.60. The first kappa shape index (κ1) is 18.2. The molecule has 0 saturated heterocycles. The minimum atomic E-state index is -0.281. The number of ether oxygens (including phenoxy) is 1. The smallest absolute Gasteiger partial charge is 0.193 e. The molecule has 4 heteroatoms. The van der Waals surface area contributed by atoms with E-state index < -0.39 is 0 Å². The highest BCUT2D eigenvalue weighted by molar-refractivity contribution is 14.1. The second kappa shape index (κ2) is 7.08. The number of fused-ring (bicyclic) bond motifs is 1. The minimum Gasteiger partial charge on any atom is -0.488 e. The third-order valence-electron chi connectivity index (χ3n) is 4.88. The molecule has 0 N–H and O–H groups in total. The van der Waals surface area contributed by atoms with Gasteiger partial charge in [-0.05, 0) is 97.5 Å². The molecule has 136 valence electrons. The first-order valence-corrected chi connectivity index (χ1v) is 10.0. The van der Waals surface area contributed by atoms with Gasteiger partial charge in [0.15, 0.2) is 5.78 Å². The highest BCUT2D eigenvalue weighted by atomic mass is 127. The Bertz CT molecular complexity index is 981. The van der Waals surface area contributed by atoms with Crippen LogP contribution in [0.2, 0.25) is 0 Å². The molecule has 2 heterocycles. The summed E-state index contributed by atoms with van der Waals surface area (Å²) in [6, 6.07) is 19.4. The van der Waals surface area contributed by atoms with E-state index in [1.165, 1.54) is 0 Å². The number of benzene rings is 2.